The van der Waals surface area contributed by atoms with Crippen molar-refractivity contribution in [1.82, 2.24) is 15.5 Å². The van der Waals surface area contributed by atoms with Crippen LogP contribution in [0.4, 0.5) is 9.59 Å². The average molecular weight is 215 g/mol. The molecule has 6 heteroatoms. The highest BCUT2D eigenvalue weighted by Gasteiger charge is 2.29. The first-order valence-corrected chi connectivity index (χ1v) is 4.99. The van der Waals surface area contributed by atoms with Crippen LogP contribution in [0.3, 0.4) is 0 Å². The Balaban J connectivity index is 2.39. The van der Waals surface area contributed by atoms with Gasteiger partial charge in [0.15, 0.2) is 0 Å². The lowest BCUT2D eigenvalue weighted by atomic mass is 10.2. The van der Waals surface area contributed by atoms with E-state index < -0.39 is 0 Å². The van der Waals surface area contributed by atoms with Crippen LogP contribution >= 0.6 is 0 Å². The van der Waals surface area contributed by atoms with Gasteiger partial charge in [-0.25, -0.2) is 9.59 Å². The van der Waals surface area contributed by atoms with E-state index in [2.05, 4.69) is 15.4 Å². The van der Waals surface area contributed by atoms with Crippen LogP contribution in [0.25, 0.3) is 0 Å². The maximum Gasteiger partial charge on any atom is 0.409 e. The normalized spacial score (nSPS) is 19.9. The van der Waals surface area contributed by atoms with E-state index in [1.165, 1.54) is 7.11 Å². The van der Waals surface area contributed by atoms with E-state index in [9.17, 15) is 9.59 Å². The molecule has 6 nitrogen and oxygen atoms in total. The summed E-state index contributed by atoms with van der Waals surface area (Å²) >= 11 is 0. The predicted octanol–water partition coefficient (Wildman–Crippen LogP) is 0.146. The number of hydrogen-bond donors (Lipinski definition) is 2. The fraction of sp³-hybridized carbons (Fsp3) is 0.778. The van der Waals surface area contributed by atoms with E-state index in [0.29, 0.717) is 13.1 Å². The van der Waals surface area contributed by atoms with E-state index in [0.717, 1.165) is 12.8 Å². The number of carbonyl (C=O) groups is 2. The summed E-state index contributed by atoms with van der Waals surface area (Å²) in [5, 5.41) is 5.15. The lowest BCUT2D eigenvalue weighted by molar-refractivity contribution is 0.118. The summed E-state index contributed by atoms with van der Waals surface area (Å²) in [4.78, 5) is 23.9. The molecular formula is C9H17N3O3. The molecule has 3 amide bonds. The molecule has 0 radical (unpaired) electrons. The smallest absolute Gasteiger partial charge is 0.409 e. The van der Waals surface area contributed by atoms with Gasteiger partial charge in [0, 0.05) is 20.1 Å². The number of rotatable bonds is 2. The SMILES string of the molecule is CNC(=O)NC[C@H]1CCCN1C(=O)OC. The van der Waals surface area contributed by atoms with Gasteiger partial charge in [-0.05, 0) is 12.8 Å². The van der Waals surface area contributed by atoms with Crippen molar-refractivity contribution in [2.75, 3.05) is 27.2 Å². The third-order valence-electron chi connectivity index (χ3n) is 2.51. The lowest BCUT2D eigenvalue weighted by Crippen LogP contribution is -2.45. The van der Waals surface area contributed by atoms with Crippen LogP contribution in [0.1, 0.15) is 12.8 Å². The molecule has 1 saturated heterocycles. The number of methoxy groups -OCH3 is 1. The molecule has 0 aliphatic carbocycles. The first-order chi connectivity index (χ1) is 7.19. The summed E-state index contributed by atoms with van der Waals surface area (Å²) in [6.07, 6.45) is 1.53. The number of amides is 3. The molecular weight excluding hydrogens is 198 g/mol. The molecule has 15 heavy (non-hydrogen) atoms. The summed E-state index contributed by atoms with van der Waals surface area (Å²) in [6, 6.07) is -0.179. The summed E-state index contributed by atoms with van der Waals surface area (Å²) in [6.45, 7) is 1.17. The molecule has 1 heterocycles. The second kappa shape index (κ2) is 5.43. The van der Waals surface area contributed by atoms with Crippen molar-refractivity contribution in [2.24, 2.45) is 0 Å². The van der Waals surface area contributed by atoms with Gasteiger partial charge in [0.2, 0.25) is 0 Å². The van der Waals surface area contributed by atoms with Gasteiger partial charge in [0.25, 0.3) is 0 Å². The van der Waals surface area contributed by atoms with Crippen LogP contribution in [-0.2, 0) is 4.74 Å². The Labute approximate surface area is 88.9 Å². The standard InChI is InChI=1S/C9H17N3O3/c1-10-8(13)11-6-7-4-3-5-12(7)9(14)15-2/h7H,3-6H2,1-2H3,(H2,10,11,13)/t7-/m1/s1. The molecule has 1 fully saturated rings. The maximum absolute atomic E-state index is 11.3. The largest absolute Gasteiger partial charge is 0.453 e. The van der Waals surface area contributed by atoms with Crippen molar-refractivity contribution in [2.45, 2.75) is 18.9 Å². The molecule has 0 saturated carbocycles. The second-order valence-electron chi connectivity index (χ2n) is 3.42. The van der Waals surface area contributed by atoms with Gasteiger partial charge < -0.3 is 20.3 Å². The predicted molar refractivity (Wildman–Crippen MR) is 54.6 cm³/mol. The highest BCUT2D eigenvalue weighted by molar-refractivity contribution is 5.73. The van der Waals surface area contributed by atoms with Crippen molar-refractivity contribution >= 4 is 12.1 Å². The Hall–Kier alpha value is -1.46. The van der Waals surface area contributed by atoms with Crippen LogP contribution in [-0.4, -0.2) is 50.3 Å². The van der Waals surface area contributed by atoms with E-state index in [-0.39, 0.29) is 18.2 Å². The third kappa shape index (κ3) is 3.00. The molecule has 0 bridgehead atoms. The molecule has 86 valence electrons. The zero-order chi connectivity index (χ0) is 11.3. The van der Waals surface area contributed by atoms with Crippen molar-refractivity contribution in [3.63, 3.8) is 0 Å². The number of nitrogens with zero attached hydrogens (tertiary/aromatic N) is 1. The van der Waals surface area contributed by atoms with Gasteiger partial charge in [0.1, 0.15) is 0 Å². The highest BCUT2D eigenvalue weighted by Crippen LogP contribution is 2.17. The molecule has 0 aromatic heterocycles. The first-order valence-electron chi connectivity index (χ1n) is 4.99. The van der Waals surface area contributed by atoms with Gasteiger partial charge in [-0.1, -0.05) is 0 Å². The van der Waals surface area contributed by atoms with Gasteiger partial charge in [-0.2, -0.15) is 0 Å². The summed E-state index contributed by atoms with van der Waals surface area (Å²) in [5.41, 5.74) is 0. The van der Waals surface area contributed by atoms with Gasteiger partial charge >= 0.3 is 12.1 Å². The summed E-state index contributed by atoms with van der Waals surface area (Å²) < 4.78 is 4.66. The number of nitrogens with one attached hydrogen (secondary N) is 2. The van der Waals surface area contributed by atoms with E-state index in [1.54, 1.807) is 11.9 Å². The molecule has 0 aromatic carbocycles. The van der Waals surface area contributed by atoms with Gasteiger partial charge in [-0.3, -0.25) is 0 Å². The van der Waals surface area contributed by atoms with Crippen molar-refractivity contribution < 1.29 is 14.3 Å². The van der Waals surface area contributed by atoms with Crippen molar-refractivity contribution in [3.05, 3.63) is 0 Å². The Kier molecular flexibility index (Phi) is 4.20. The number of likely N-dealkylation sites (tertiary alicyclic amines) is 1. The molecule has 2 N–H and O–H groups in total. The lowest BCUT2D eigenvalue weighted by Gasteiger charge is -2.23. The molecule has 1 atom stereocenters. The van der Waals surface area contributed by atoms with Crippen LogP contribution in [0.5, 0.6) is 0 Å². The first kappa shape index (κ1) is 11.6. The minimum absolute atomic E-state index is 0.0507. The molecule has 0 unspecified atom stereocenters. The number of carbonyl (C=O) groups excluding carboxylic acids is 2. The summed E-state index contributed by atoms with van der Waals surface area (Å²) in [5.74, 6) is 0. The monoisotopic (exact) mass is 215 g/mol. The van der Waals surface area contributed by atoms with Crippen LogP contribution in [0.2, 0.25) is 0 Å². The van der Waals surface area contributed by atoms with Crippen LogP contribution < -0.4 is 10.6 Å². The zero-order valence-electron chi connectivity index (χ0n) is 9.08. The van der Waals surface area contributed by atoms with Crippen LogP contribution in [0, 0.1) is 0 Å². The molecule has 1 rings (SSSR count). The van der Waals surface area contributed by atoms with E-state index in [1.807, 2.05) is 0 Å². The third-order valence-corrected chi connectivity index (χ3v) is 2.51. The topological polar surface area (TPSA) is 70.7 Å². The zero-order valence-corrected chi connectivity index (χ0v) is 9.08. The highest BCUT2D eigenvalue weighted by atomic mass is 16.5. The minimum Gasteiger partial charge on any atom is -0.453 e. The fourth-order valence-electron chi connectivity index (χ4n) is 1.70. The minimum atomic E-state index is -0.323. The van der Waals surface area contributed by atoms with E-state index in [4.69, 9.17) is 0 Å². The van der Waals surface area contributed by atoms with Crippen molar-refractivity contribution in [3.8, 4) is 0 Å². The molecule has 0 spiro atoms. The number of hydrogen-bond acceptors (Lipinski definition) is 3. The number of ether oxygens (including phenoxy) is 1. The summed E-state index contributed by atoms with van der Waals surface area (Å²) in [7, 11) is 2.92. The van der Waals surface area contributed by atoms with Crippen molar-refractivity contribution in [1.29, 1.82) is 0 Å². The second-order valence-corrected chi connectivity index (χ2v) is 3.42. The Morgan fingerprint density at radius 3 is 2.87 bits per heavy atom. The quantitative estimate of drug-likeness (QED) is 0.688. The number of urea groups is 1. The average Bonchev–Trinajstić information content (AvgIpc) is 2.72. The Bertz CT molecular complexity index is 245. The Morgan fingerprint density at radius 2 is 2.27 bits per heavy atom. The fourth-order valence-corrected chi connectivity index (χ4v) is 1.70. The van der Waals surface area contributed by atoms with Crippen LogP contribution in [0.15, 0.2) is 0 Å². The molecule has 1 aliphatic heterocycles. The van der Waals surface area contributed by atoms with Gasteiger partial charge in [0.05, 0.1) is 13.2 Å². The van der Waals surface area contributed by atoms with E-state index >= 15 is 0 Å². The Morgan fingerprint density at radius 1 is 1.53 bits per heavy atom. The molecule has 1 aliphatic rings. The van der Waals surface area contributed by atoms with Gasteiger partial charge in [-0.15, -0.1) is 0 Å². The maximum atomic E-state index is 11.3. The molecule has 0 aromatic rings.